The molecule has 1 rings (SSSR count). The maximum Gasteiger partial charge on any atom is 0.323 e. The van der Waals surface area contributed by atoms with Crippen LogP contribution in [0.5, 0.6) is 0 Å². The number of carbonyl (C=O) groups excluding carboxylic acids is 1. The summed E-state index contributed by atoms with van der Waals surface area (Å²) in [7, 11) is 0. The van der Waals surface area contributed by atoms with E-state index in [2.05, 4.69) is 6.92 Å². The summed E-state index contributed by atoms with van der Waals surface area (Å²) in [5.74, 6) is -0.373. The molecule has 0 aromatic heterocycles. The Morgan fingerprint density at radius 1 is 1.42 bits per heavy atom. The molecular weight excluding hydrogens is 154 g/mol. The molecule has 3 heteroatoms. The fourth-order valence-corrected chi connectivity index (χ4v) is 1.43. The highest BCUT2D eigenvalue weighted by molar-refractivity contribution is 5.76. The van der Waals surface area contributed by atoms with E-state index in [1.165, 1.54) is 6.42 Å². The first-order chi connectivity index (χ1) is 5.70. The Hall–Kier alpha value is -0.570. The Balaban J connectivity index is 2.24. The molecule has 69 valence electrons. The molecule has 1 aliphatic rings. The van der Waals surface area contributed by atoms with E-state index in [9.17, 15) is 4.79 Å². The lowest BCUT2D eigenvalue weighted by Gasteiger charge is -2.22. The van der Waals surface area contributed by atoms with Crippen LogP contribution in [0.1, 0.15) is 32.1 Å². The standard InChI is InChI=1S/C9H16NO2/c1-7(10)9(11)12-8-5-3-2-4-6-8/h7-8H,1-6,10H2. The second-order valence-corrected chi connectivity index (χ2v) is 3.30. The Morgan fingerprint density at radius 2 is 2.00 bits per heavy atom. The molecule has 0 bridgehead atoms. The summed E-state index contributed by atoms with van der Waals surface area (Å²) < 4.78 is 5.13. The van der Waals surface area contributed by atoms with Gasteiger partial charge in [-0.1, -0.05) is 6.42 Å². The zero-order chi connectivity index (χ0) is 8.97. The summed E-state index contributed by atoms with van der Waals surface area (Å²) in [5.41, 5.74) is 5.27. The van der Waals surface area contributed by atoms with Crippen molar-refractivity contribution in [1.29, 1.82) is 0 Å². The van der Waals surface area contributed by atoms with E-state index in [0.717, 1.165) is 25.7 Å². The topological polar surface area (TPSA) is 52.3 Å². The van der Waals surface area contributed by atoms with Crippen molar-refractivity contribution in [3.63, 3.8) is 0 Å². The fraction of sp³-hybridized carbons (Fsp3) is 0.778. The third-order valence-electron chi connectivity index (χ3n) is 2.14. The van der Waals surface area contributed by atoms with Crippen LogP contribution in [-0.2, 0) is 9.53 Å². The van der Waals surface area contributed by atoms with Gasteiger partial charge in [-0.05, 0) is 32.6 Å². The number of ether oxygens (including phenoxy) is 1. The zero-order valence-corrected chi connectivity index (χ0v) is 7.29. The van der Waals surface area contributed by atoms with Crippen LogP contribution in [0.4, 0.5) is 0 Å². The Bertz CT molecular complexity index is 151. The van der Waals surface area contributed by atoms with E-state index >= 15 is 0 Å². The molecule has 12 heavy (non-hydrogen) atoms. The first-order valence-corrected chi connectivity index (χ1v) is 4.49. The van der Waals surface area contributed by atoms with Crippen LogP contribution in [-0.4, -0.2) is 18.1 Å². The quantitative estimate of drug-likeness (QED) is 0.629. The molecule has 3 nitrogen and oxygen atoms in total. The molecule has 1 radical (unpaired) electrons. The van der Waals surface area contributed by atoms with Crippen LogP contribution < -0.4 is 5.73 Å². The minimum atomic E-state index is -0.730. The monoisotopic (exact) mass is 170 g/mol. The summed E-state index contributed by atoms with van der Waals surface area (Å²) in [6.45, 7) is 3.41. The summed E-state index contributed by atoms with van der Waals surface area (Å²) in [6, 6.07) is -0.730. The van der Waals surface area contributed by atoms with Gasteiger partial charge in [0.25, 0.3) is 0 Å². The molecule has 0 aliphatic heterocycles. The van der Waals surface area contributed by atoms with Crippen LogP contribution in [0.15, 0.2) is 0 Å². The van der Waals surface area contributed by atoms with Crippen molar-refractivity contribution in [2.24, 2.45) is 5.73 Å². The van der Waals surface area contributed by atoms with E-state index in [1.807, 2.05) is 0 Å². The van der Waals surface area contributed by atoms with Crippen molar-refractivity contribution < 1.29 is 9.53 Å². The SMILES string of the molecule is [CH2]C(N)C(=O)OC1CCCCC1. The van der Waals surface area contributed by atoms with Gasteiger partial charge in [0.05, 0.1) is 0 Å². The third-order valence-corrected chi connectivity index (χ3v) is 2.14. The molecule has 0 heterocycles. The first-order valence-electron chi connectivity index (χ1n) is 4.49. The number of hydrogen-bond donors (Lipinski definition) is 1. The molecule has 0 amide bonds. The van der Waals surface area contributed by atoms with Gasteiger partial charge in [-0.3, -0.25) is 4.79 Å². The van der Waals surface area contributed by atoms with E-state index < -0.39 is 6.04 Å². The molecule has 0 aromatic rings. The largest absolute Gasteiger partial charge is 0.461 e. The molecule has 2 N–H and O–H groups in total. The Morgan fingerprint density at radius 3 is 2.50 bits per heavy atom. The Labute approximate surface area is 73.3 Å². The molecule has 1 unspecified atom stereocenters. The predicted molar refractivity (Wildman–Crippen MR) is 46.3 cm³/mol. The molecule has 1 aliphatic carbocycles. The molecule has 1 saturated carbocycles. The average molecular weight is 170 g/mol. The lowest BCUT2D eigenvalue weighted by molar-refractivity contribution is -0.150. The van der Waals surface area contributed by atoms with Gasteiger partial charge in [-0.25, -0.2) is 0 Å². The summed E-state index contributed by atoms with van der Waals surface area (Å²) in [5, 5.41) is 0. The molecule has 0 spiro atoms. The zero-order valence-electron chi connectivity index (χ0n) is 7.29. The maximum atomic E-state index is 11.0. The van der Waals surface area contributed by atoms with Crippen molar-refractivity contribution in [3.05, 3.63) is 6.92 Å². The molecular formula is C9H16NO2. The van der Waals surface area contributed by atoms with Gasteiger partial charge in [-0.2, -0.15) is 0 Å². The summed E-state index contributed by atoms with van der Waals surface area (Å²) in [4.78, 5) is 11.0. The minimum absolute atomic E-state index is 0.0963. The van der Waals surface area contributed by atoms with Crippen molar-refractivity contribution in [1.82, 2.24) is 0 Å². The second-order valence-electron chi connectivity index (χ2n) is 3.30. The van der Waals surface area contributed by atoms with E-state index in [1.54, 1.807) is 0 Å². The highest BCUT2D eigenvalue weighted by Crippen LogP contribution is 2.20. The van der Waals surface area contributed by atoms with Crippen LogP contribution >= 0.6 is 0 Å². The van der Waals surface area contributed by atoms with Gasteiger partial charge >= 0.3 is 5.97 Å². The van der Waals surface area contributed by atoms with Gasteiger partial charge in [-0.15, -0.1) is 0 Å². The number of hydrogen-bond acceptors (Lipinski definition) is 3. The van der Waals surface area contributed by atoms with Gasteiger partial charge in [0, 0.05) is 0 Å². The van der Waals surface area contributed by atoms with Crippen molar-refractivity contribution in [2.45, 2.75) is 44.2 Å². The molecule has 0 aromatic carbocycles. The number of carbonyl (C=O) groups is 1. The van der Waals surface area contributed by atoms with Gasteiger partial charge in [0.15, 0.2) is 0 Å². The highest BCUT2D eigenvalue weighted by atomic mass is 16.5. The lowest BCUT2D eigenvalue weighted by atomic mass is 9.98. The van der Waals surface area contributed by atoms with Crippen LogP contribution in [0.2, 0.25) is 0 Å². The van der Waals surface area contributed by atoms with Crippen LogP contribution in [0.3, 0.4) is 0 Å². The first kappa shape index (κ1) is 9.52. The van der Waals surface area contributed by atoms with Crippen molar-refractivity contribution in [2.75, 3.05) is 0 Å². The molecule has 1 fully saturated rings. The van der Waals surface area contributed by atoms with Crippen molar-refractivity contribution >= 4 is 5.97 Å². The highest BCUT2D eigenvalue weighted by Gasteiger charge is 2.19. The maximum absolute atomic E-state index is 11.0. The van der Waals surface area contributed by atoms with Crippen LogP contribution in [0.25, 0.3) is 0 Å². The smallest absolute Gasteiger partial charge is 0.323 e. The second kappa shape index (κ2) is 4.45. The molecule has 0 saturated heterocycles. The lowest BCUT2D eigenvalue weighted by Crippen LogP contribution is -2.33. The third kappa shape index (κ3) is 2.81. The average Bonchev–Trinajstić information content (AvgIpc) is 2.06. The van der Waals surface area contributed by atoms with E-state index in [0.29, 0.717) is 0 Å². The minimum Gasteiger partial charge on any atom is -0.461 e. The Kier molecular flexibility index (Phi) is 3.53. The number of nitrogens with two attached hydrogens (primary N) is 1. The van der Waals surface area contributed by atoms with Gasteiger partial charge in [0.1, 0.15) is 12.1 Å². The van der Waals surface area contributed by atoms with Crippen molar-refractivity contribution in [3.8, 4) is 0 Å². The summed E-state index contributed by atoms with van der Waals surface area (Å²) in [6.07, 6.45) is 5.63. The normalized spacial score (nSPS) is 21.8. The van der Waals surface area contributed by atoms with Crippen LogP contribution in [0, 0.1) is 6.92 Å². The van der Waals surface area contributed by atoms with E-state index in [4.69, 9.17) is 10.5 Å². The van der Waals surface area contributed by atoms with E-state index in [-0.39, 0.29) is 12.1 Å². The van der Waals surface area contributed by atoms with Gasteiger partial charge < -0.3 is 10.5 Å². The predicted octanol–water partition coefficient (Wildman–Crippen LogP) is 1.02. The fourth-order valence-electron chi connectivity index (χ4n) is 1.43. The number of esters is 1. The van der Waals surface area contributed by atoms with Gasteiger partial charge in [0.2, 0.25) is 0 Å². The molecule has 1 atom stereocenters. The summed E-state index contributed by atoms with van der Waals surface area (Å²) >= 11 is 0. The number of rotatable bonds is 2.